The fraction of sp³-hybridized carbons (Fsp3) is 0.581. The highest BCUT2D eigenvalue weighted by atomic mass is 15.2. The normalized spacial score (nSPS) is 13.1. The second-order valence-corrected chi connectivity index (χ2v) is 13.2. The number of rotatable bonds is 22. The van der Waals surface area contributed by atoms with Gasteiger partial charge >= 0.3 is 0 Å². The lowest BCUT2D eigenvalue weighted by molar-refractivity contribution is -0.345. The number of hydrogen-bond donors (Lipinski definition) is 0. The van der Waals surface area contributed by atoms with E-state index in [-0.39, 0.29) is 0 Å². The molecule has 0 aliphatic carbocycles. The molecule has 2 aromatic rings. The molecular weight excluding hydrogens is 544 g/mol. The Morgan fingerprint density at radius 3 is 1.44 bits per heavy atom. The summed E-state index contributed by atoms with van der Waals surface area (Å²) in [5, 5.41) is 0. The average molecular weight is 607 g/mol. The van der Waals surface area contributed by atoms with Gasteiger partial charge in [-0.1, -0.05) is 147 Å². The van der Waals surface area contributed by atoms with Crippen LogP contribution in [0.5, 0.6) is 0 Å². The van der Waals surface area contributed by atoms with Crippen LogP contribution in [0.1, 0.15) is 172 Å². The Hall–Kier alpha value is -2.92. The minimum absolute atomic E-state index is 0.857. The van der Waals surface area contributed by atoms with Gasteiger partial charge in [0.25, 0.3) is 0 Å². The van der Waals surface area contributed by atoms with E-state index in [0.29, 0.717) is 0 Å². The predicted octanol–water partition coefficient (Wildman–Crippen LogP) is 13.4. The molecule has 2 nitrogen and oxygen atoms in total. The van der Waals surface area contributed by atoms with E-state index in [2.05, 4.69) is 88.1 Å². The number of allylic oxidation sites excluding steroid dienone is 2. The van der Waals surface area contributed by atoms with E-state index in [1.165, 1.54) is 118 Å². The Balaban J connectivity index is 1.94. The molecule has 0 atom stereocenters. The summed E-state index contributed by atoms with van der Waals surface area (Å²) in [7, 11) is 0. The molecule has 244 valence electrons. The fourth-order valence-electron chi connectivity index (χ4n) is 6.37. The highest BCUT2D eigenvalue weighted by Gasteiger charge is 2.35. The monoisotopic (exact) mass is 606 g/mol. The summed E-state index contributed by atoms with van der Waals surface area (Å²) in [6.45, 7) is 9.04. The van der Waals surface area contributed by atoms with Crippen molar-refractivity contribution >= 4 is 11.4 Å². The van der Waals surface area contributed by atoms with E-state index in [0.717, 1.165) is 66.6 Å². The second kappa shape index (κ2) is 21.8. The molecule has 2 heteroatoms. The summed E-state index contributed by atoms with van der Waals surface area (Å²) in [5.41, 5.74) is 20.9. The maximum absolute atomic E-state index is 12.0. The zero-order valence-corrected chi connectivity index (χ0v) is 29.4. The van der Waals surface area contributed by atoms with E-state index in [9.17, 15) is 5.53 Å². The number of unbranched alkanes of at least 4 members (excludes halogenated alkanes) is 14. The minimum Gasteiger partial charge on any atom is -0.493 e. The number of benzene rings is 2. The van der Waals surface area contributed by atoms with Gasteiger partial charge in [0.05, 0.1) is 0 Å². The van der Waals surface area contributed by atoms with Gasteiger partial charge in [-0.05, 0) is 80.3 Å². The predicted molar refractivity (Wildman–Crippen MR) is 196 cm³/mol. The number of hydrogen-bond acceptors (Lipinski definition) is 0. The van der Waals surface area contributed by atoms with Gasteiger partial charge in [-0.2, -0.15) is 0 Å². The van der Waals surface area contributed by atoms with E-state index < -0.39 is 0 Å². The summed E-state index contributed by atoms with van der Waals surface area (Å²) in [6.07, 6.45) is 25.4. The summed E-state index contributed by atoms with van der Waals surface area (Å²) in [6, 6.07) is 17.8. The Morgan fingerprint density at radius 2 is 0.933 bits per heavy atom. The molecule has 0 radical (unpaired) electrons. The third-order valence-electron chi connectivity index (χ3n) is 9.24. The lowest BCUT2D eigenvalue weighted by Crippen LogP contribution is -2.03. The van der Waals surface area contributed by atoms with E-state index in [1.807, 2.05) is 0 Å². The van der Waals surface area contributed by atoms with Crippen molar-refractivity contribution in [1.29, 1.82) is 0 Å². The molecule has 0 unspecified atom stereocenters. The van der Waals surface area contributed by atoms with Gasteiger partial charge in [-0.25, -0.2) is 4.70 Å². The van der Waals surface area contributed by atoms with Crippen LogP contribution in [-0.2, 0) is 12.8 Å². The van der Waals surface area contributed by atoms with Crippen LogP contribution in [0.3, 0.4) is 0 Å². The van der Waals surface area contributed by atoms with Crippen LogP contribution in [0, 0.1) is 11.8 Å². The van der Waals surface area contributed by atoms with Crippen LogP contribution >= 0.6 is 0 Å². The van der Waals surface area contributed by atoms with E-state index in [4.69, 9.17) is 0 Å². The SMILES string of the molecule is CCCCCCCCCC#CC1=C(c2ccc(CCCC)cc2)[N+](=[N-])C(c2ccc(CCCC)cc2)=C1CCCCCCCC. The average Bonchev–Trinajstić information content (AvgIpc) is 3.34. The molecule has 0 N–H and O–H groups in total. The molecule has 0 amide bonds. The largest absolute Gasteiger partial charge is 0.493 e. The zero-order chi connectivity index (χ0) is 32.1. The van der Waals surface area contributed by atoms with Gasteiger partial charge in [0, 0.05) is 23.1 Å². The number of aryl methyl sites for hydroxylation is 2. The first kappa shape index (κ1) is 36.5. The van der Waals surface area contributed by atoms with Crippen molar-refractivity contribution in [3.05, 3.63) is 87.5 Å². The lowest BCUT2D eigenvalue weighted by Gasteiger charge is -2.10. The first-order valence-corrected chi connectivity index (χ1v) is 18.8. The fourth-order valence-corrected chi connectivity index (χ4v) is 6.37. The molecule has 0 bridgehead atoms. The molecule has 0 fully saturated rings. The van der Waals surface area contributed by atoms with Gasteiger partial charge in [0.15, 0.2) is 0 Å². The van der Waals surface area contributed by atoms with E-state index in [1.54, 1.807) is 0 Å². The third kappa shape index (κ3) is 12.1. The van der Waals surface area contributed by atoms with Crippen molar-refractivity contribution in [3.63, 3.8) is 0 Å². The molecule has 0 spiro atoms. The van der Waals surface area contributed by atoms with Crippen molar-refractivity contribution in [2.24, 2.45) is 0 Å². The smallest absolute Gasteiger partial charge is 0.223 e. The van der Waals surface area contributed by atoms with Crippen molar-refractivity contribution in [3.8, 4) is 11.8 Å². The molecule has 1 aliphatic rings. The highest BCUT2D eigenvalue weighted by molar-refractivity contribution is 5.85. The third-order valence-corrected chi connectivity index (χ3v) is 9.24. The highest BCUT2D eigenvalue weighted by Crippen LogP contribution is 2.42. The summed E-state index contributed by atoms with van der Waals surface area (Å²) >= 11 is 0. The standard InChI is InChI=1S/C43H62N2/c1-5-9-13-15-17-18-19-21-23-27-41-40(26-22-20-16-14-10-6-2)42(38-32-28-36(29-33-38)24-11-7-3)45(44)43(41)39-34-30-37(31-35-39)25-12-8-4/h28-35H,5-22,24-26H2,1-4H3. The van der Waals surface area contributed by atoms with Crippen molar-refractivity contribution < 1.29 is 4.70 Å². The first-order valence-electron chi connectivity index (χ1n) is 18.8. The van der Waals surface area contributed by atoms with Gasteiger partial charge in [-0.3, -0.25) is 0 Å². The summed E-state index contributed by atoms with van der Waals surface area (Å²) in [4.78, 5) is 0. The molecule has 3 rings (SSSR count). The summed E-state index contributed by atoms with van der Waals surface area (Å²) < 4.78 is 1.48. The Kier molecular flexibility index (Phi) is 17.7. The Labute approximate surface area is 277 Å². The molecule has 0 aromatic heterocycles. The van der Waals surface area contributed by atoms with Gasteiger partial charge in [-0.15, -0.1) is 0 Å². The Morgan fingerprint density at radius 1 is 0.489 bits per heavy atom. The maximum atomic E-state index is 12.0. The van der Waals surface area contributed by atoms with Gasteiger partial charge in [0.2, 0.25) is 11.4 Å². The van der Waals surface area contributed by atoms with Crippen LogP contribution in [0.25, 0.3) is 16.9 Å². The Bertz CT molecular complexity index is 1260. The van der Waals surface area contributed by atoms with Crippen molar-refractivity contribution in [2.45, 2.75) is 163 Å². The molecule has 45 heavy (non-hydrogen) atoms. The topological polar surface area (TPSA) is 25.3 Å². The first-order chi connectivity index (χ1) is 22.1. The van der Waals surface area contributed by atoms with Crippen LogP contribution in [-0.4, -0.2) is 4.70 Å². The van der Waals surface area contributed by atoms with Crippen LogP contribution in [0.2, 0.25) is 0 Å². The molecule has 2 aromatic carbocycles. The molecule has 1 aliphatic heterocycles. The molecular formula is C43H62N2. The van der Waals surface area contributed by atoms with Crippen LogP contribution in [0.4, 0.5) is 0 Å². The van der Waals surface area contributed by atoms with E-state index >= 15 is 0 Å². The molecule has 0 saturated heterocycles. The summed E-state index contributed by atoms with van der Waals surface area (Å²) in [5.74, 6) is 7.20. The van der Waals surface area contributed by atoms with Gasteiger partial charge < -0.3 is 5.53 Å². The second-order valence-electron chi connectivity index (χ2n) is 13.2. The van der Waals surface area contributed by atoms with Crippen LogP contribution < -0.4 is 0 Å². The van der Waals surface area contributed by atoms with Crippen molar-refractivity contribution in [1.82, 2.24) is 0 Å². The quantitative estimate of drug-likeness (QED) is 0.0724. The van der Waals surface area contributed by atoms with Crippen LogP contribution in [0.15, 0.2) is 59.7 Å². The zero-order valence-electron chi connectivity index (χ0n) is 29.4. The minimum atomic E-state index is 0.857. The number of nitrogens with zero attached hydrogens (tertiary/aromatic N) is 2. The van der Waals surface area contributed by atoms with Crippen molar-refractivity contribution in [2.75, 3.05) is 0 Å². The maximum Gasteiger partial charge on any atom is 0.223 e. The lowest BCUT2D eigenvalue weighted by atomic mass is 9.94. The van der Waals surface area contributed by atoms with Gasteiger partial charge in [0.1, 0.15) is 5.57 Å². The molecule has 0 saturated carbocycles. The molecule has 1 heterocycles.